The molecule has 1 aromatic carbocycles. The number of hydrogen-bond acceptors (Lipinski definition) is 3. The van der Waals surface area contributed by atoms with Crippen LogP contribution in [-0.4, -0.2) is 29.4 Å². The number of nitrogens with zero attached hydrogens (tertiary/aromatic N) is 2. The highest BCUT2D eigenvalue weighted by Gasteiger charge is 2.09. The van der Waals surface area contributed by atoms with E-state index in [0.29, 0.717) is 19.4 Å². The Morgan fingerprint density at radius 3 is 2.57 bits per heavy atom. The Morgan fingerprint density at radius 2 is 1.86 bits per heavy atom. The number of rotatable bonds is 6. The molecule has 0 fully saturated rings. The quantitative estimate of drug-likeness (QED) is 0.828. The van der Waals surface area contributed by atoms with Gasteiger partial charge in [-0.05, 0) is 42.2 Å². The van der Waals surface area contributed by atoms with Gasteiger partial charge in [0.25, 0.3) is 0 Å². The summed E-state index contributed by atoms with van der Waals surface area (Å²) in [6.45, 7) is 0.715. The van der Waals surface area contributed by atoms with Crippen LogP contribution in [0, 0.1) is 0 Å². The predicted octanol–water partition coefficient (Wildman–Crippen LogP) is 2.30. The van der Waals surface area contributed by atoms with Crippen LogP contribution in [-0.2, 0) is 17.6 Å². The number of nitrogen functional groups attached to an aromatic ring is 1. The van der Waals surface area contributed by atoms with Crippen LogP contribution in [0.15, 0.2) is 48.8 Å². The maximum Gasteiger partial charge on any atom is 0.222 e. The number of amides is 1. The topological polar surface area (TPSA) is 59.2 Å². The number of pyridine rings is 1. The highest BCUT2D eigenvalue weighted by molar-refractivity contribution is 5.76. The number of likely N-dealkylation sites (N-methyl/N-ethyl adjacent to an activating group) is 1. The molecule has 4 heteroatoms. The lowest BCUT2D eigenvalue weighted by Crippen LogP contribution is -2.29. The maximum absolute atomic E-state index is 12.1. The normalized spacial score (nSPS) is 10.3. The SMILES string of the molecule is CN(CCc1ccncc1)C(=O)CCc1ccccc1N. The summed E-state index contributed by atoms with van der Waals surface area (Å²) in [5, 5.41) is 0. The van der Waals surface area contributed by atoms with Gasteiger partial charge in [-0.3, -0.25) is 9.78 Å². The van der Waals surface area contributed by atoms with E-state index in [1.54, 1.807) is 17.3 Å². The number of aryl methyl sites for hydroxylation is 1. The summed E-state index contributed by atoms with van der Waals surface area (Å²) in [5.74, 6) is 0.146. The van der Waals surface area contributed by atoms with Crippen LogP contribution < -0.4 is 5.73 Å². The Hall–Kier alpha value is -2.36. The third-order valence-corrected chi connectivity index (χ3v) is 3.57. The number of carbonyl (C=O) groups is 1. The molecule has 2 N–H and O–H groups in total. The van der Waals surface area contributed by atoms with Gasteiger partial charge in [0.05, 0.1) is 0 Å². The van der Waals surface area contributed by atoms with Crippen molar-refractivity contribution in [3.63, 3.8) is 0 Å². The van der Waals surface area contributed by atoms with Crippen LogP contribution in [0.2, 0.25) is 0 Å². The van der Waals surface area contributed by atoms with E-state index in [4.69, 9.17) is 5.73 Å². The summed E-state index contributed by atoms with van der Waals surface area (Å²) < 4.78 is 0. The lowest BCUT2D eigenvalue weighted by atomic mass is 10.1. The molecule has 0 aliphatic rings. The summed E-state index contributed by atoms with van der Waals surface area (Å²) >= 11 is 0. The van der Waals surface area contributed by atoms with Crippen molar-refractivity contribution in [3.8, 4) is 0 Å². The van der Waals surface area contributed by atoms with Crippen LogP contribution in [0.4, 0.5) is 5.69 Å². The molecule has 0 unspecified atom stereocenters. The molecule has 0 saturated carbocycles. The molecule has 1 heterocycles. The van der Waals surface area contributed by atoms with Gasteiger partial charge in [-0.1, -0.05) is 18.2 Å². The van der Waals surface area contributed by atoms with Crippen molar-refractivity contribution in [1.82, 2.24) is 9.88 Å². The van der Waals surface area contributed by atoms with Gasteiger partial charge in [-0.25, -0.2) is 0 Å². The molecular weight excluding hydrogens is 262 g/mol. The van der Waals surface area contributed by atoms with Crippen molar-refractivity contribution >= 4 is 11.6 Å². The molecule has 1 amide bonds. The van der Waals surface area contributed by atoms with E-state index in [-0.39, 0.29) is 5.91 Å². The zero-order valence-corrected chi connectivity index (χ0v) is 12.3. The molecule has 0 radical (unpaired) electrons. The average Bonchev–Trinajstić information content (AvgIpc) is 2.52. The monoisotopic (exact) mass is 283 g/mol. The smallest absolute Gasteiger partial charge is 0.222 e. The van der Waals surface area contributed by atoms with Gasteiger partial charge in [0, 0.05) is 38.1 Å². The minimum Gasteiger partial charge on any atom is -0.399 e. The van der Waals surface area contributed by atoms with Gasteiger partial charge < -0.3 is 10.6 Å². The largest absolute Gasteiger partial charge is 0.399 e. The zero-order chi connectivity index (χ0) is 15.1. The number of carbonyl (C=O) groups excluding carboxylic acids is 1. The van der Waals surface area contributed by atoms with Crippen molar-refractivity contribution in [2.75, 3.05) is 19.3 Å². The van der Waals surface area contributed by atoms with Gasteiger partial charge in [0.15, 0.2) is 0 Å². The Balaban J connectivity index is 1.79. The summed E-state index contributed by atoms with van der Waals surface area (Å²) in [7, 11) is 1.85. The molecule has 4 nitrogen and oxygen atoms in total. The fraction of sp³-hybridized carbons (Fsp3) is 0.294. The number of anilines is 1. The second kappa shape index (κ2) is 7.43. The van der Waals surface area contributed by atoms with Gasteiger partial charge in [-0.2, -0.15) is 0 Å². The minimum absolute atomic E-state index is 0.146. The van der Waals surface area contributed by atoms with E-state index in [9.17, 15) is 4.79 Å². The summed E-state index contributed by atoms with van der Waals surface area (Å²) in [6.07, 6.45) is 5.56. The summed E-state index contributed by atoms with van der Waals surface area (Å²) in [5.41, 5.74) is 8.87. The van der Waals surface area contributed by atoms with Crippen LogP contribution in [0.3, 0.4) is 0 Å². The van der Waals surface area contributed by atoms with E-state index >= 15 is 0 Å². The van der Waals surface area contributed by atoms with Crippen LogP contribution >= 0.6 is 0 Å². The number of nitrogens with two attached hydrogens (primary N) is 1. The maximum atomic E-state index is 12.1. The van der Waals surface area contributed by atoms with Gasteiger partial charge >= 0.3 is 0 Å². The Bertz CT molecular complexity index is 584. The summed E-state index contributed by atoms with van der Waals surface area (Å²) in [4.78, 5) is 17.9. The Labute approximate surface area is 125 Å². The molecule has 2 rings (SSSR count). The van der Waals surface area contributed by atoms with E-state index in [1.807, 2.05) is 43.4 Å². The standard InChI is InChI=1S/C17H21N3O/c1-20(13-10-14-8-11-19-12-9-14)17(21)7-6-15-4-2-3-5-16(15)18/h2-5,8-9,11-12H,6-7,10,13,18H2,1H3. The van der Waals surface area contributed by atoms with E-state index in [0.717, 1.165) is 17.7 Å². The molecule has 0 aliphatic heterocycles. The van der Waals surface area contributed by atoms with E-state index in [1.165, 1.54) is 5.56 Å². The van der Waals surface area contributed by atoms with Gasteiger partial charge in [0.2, 0.25) is 5.91 Å². The van der Waals surface area contributed by atoms with Gasteiger partial charge in [-0.15, -0.1) is 0 Å². The number of aromatic nitrogens is 1. The predicted molar refractivity (Wildman–Crippen MR) is 84.8 cm³/mol. The second-order valence-corrected chi connectivity index (χ2v) is 5.12. The first-order valence-corrected chi connectivity index (χ1v) is 7.13. The molecule has 2 aromatic rings. The van der Waals surface area contributed by atoms with Crippen LogP contribution in [0.1, 0.15) is 17.5 Å². The fourth-order valence-corrected chi connectivity index (χ4v) is 2.17. The molecular formula is C17H21N3O. The van der Waals surface area contributed by atoms with Gasteiger partial charge in [0.1, 0.15) is 0 Å². The fourth-order valence-electron chi connectivity index (χ4n) is 2.17. The lowest BCUT2D eigenvalue weighted by molar-refractivity contribution is -0.129. The first-order chi connectivity index (χ1) is 10.2. The molecule has 0 bridgehead atoms. The second-order valence-electron chi connectivity index (χ2n) is 5.12. The Kier molecular flexibility index (Phi) is 5.32. The van der Waals surface area contributed by atoms with E-state index < -0.39 is 0 Å². The van der Waals surface area contributed by atoms with E-state index in [2.05, 4.69) is 4.98 Å². The third kappa shape index (κ3) is 4.60. The zero-order valence-electron chi connectivity index (χ0n) is 12.3. The molecule has 0 spiro atoms. The molecule has 0 atom stereocenters. The number of hydrogen-bond donors (Lipinski definition) is 1. The first kappa shape index (κ1) is 15.0. The number of benzene rings is 1. The first-order valence-electron chi connectivity index (χ1n) is 7.13. The molecule has 110 valence electrons. The van der Waals surface area contributed by atoms with Crippen LogP contribution in [0.5, 0.6) is 0 Å². The highest BCUT2D eigenvalue weighted by Crippen LogP contribution is 2.13. The molecule has 0 aliphatic carbocycles. The van der Waals surface area contributed by atoms with Crippen LogP contribution in [0.25, 0.3) is 0 Å². The summed E-state index contributed by atoms with van der Waals surface area (Å²) in [6, 6.07) is 11.6. The molecule has 1 aromatic heterocycles. The van der Waals surface area contributed by atoms with Crippen molar-refractivity contribution in [2.45, 2.75) is 19.3 Å². The van der Waals surface area contributed by atoms with Crippen molar-refractivity contribution in [2.24, 2.45) is 0 Å². The highest BCUT2D eigenvalue weighted by atomic mass is 16.2. The minimum atomic E-state index is 0.146. The average molecular weight is 283 g/mol. The van der Waals surface area contributed by atoms with Crippen molar-refractivity contribution in [1.29, 1.82) is 0 Å². The van der Waals surface area contributed by atoms with Crippen molar-refractivity contribution < 1.29 is 4.79 Å². The number of para-hydroxylation sites is 1. The van der Waals surface area contributed by atoms with Crippen molar-refractivity contribution in [3.05, 3.63) is 59.9 Å². The lowest BCUT2D eigenvalue weighted by Gasteiger charge is -2.17. The Morgan fingerprint density at radius 1 is 1.14 bits per heavy atom. The molecule has 21 heavy (non-hydrogen) atoms. The molecule has 0 saturated heterocycles. The third-order valence-electron chi connectivity index (χ3n) is 3.57.